The number of piperazine rings is 1. The summed E-state index contributed by atoms with van der Waals surface area (Å²) in [4.78, 5) is 27.0. The van der Waals surface area contributed by atoms with Gasteiger partial charge in [-0.2, -0.15) is 0 Å². The van der Waals surface area contributed by atoms with Crippen LogP contribution in [0.4, 0.5) is 5.69 Å². The van der Waals surface area contributed by atoms with Crippen LogP contribution in [0, 0.1) is 0 Å². The molecule has 120 valence electrons. The molecular weight excluding hydrogens is 282 g/mol. The first-order chi connectivity index (χ1) is 10.6. The number of hydrogen-bond donors (Lipinski definition) is 1. The van der Waals surface area contributed by atoms with E-state index in [-0.39, 0.29) is 11.8 Å². The molecule has 0 aliphatic carbocycles. The van der Waals surface area contributed by atoms with Crippen LogP contribution in [-0.4, -0.2) is 56.5 Å². The zero-order valence-electron chi connectivity index (χ0n) is 13.2. The zero-order valence-corrected chi connectivity index (χ0v) is 13.2. The highest BCUT2D eigenvalue weighted by Crippen LogP contribution is 2.20. The number of anilines is 1. The van der Waals surface area contributed by atoms with Gasteiger partial charge in [-0.1, -0.05) is 0 Å². The van der Waals surface area contributed by atoms with Gasteiger partial charge in [-0.05, 0) is 24.3 Å². The maximum absolute atomic E-state index is 12.0. The van der Waals surface area contributed by atoms with Crippen molar-refractivity contribution in [3.05, 3.63) is 24.3 Å². The van der Waals surface area contributed by atoms with Crippen molar-refractivity contribution in [3.8, 4) is 5.75 Å². The number of hydrogen-bond acceptors (Lipinski definition) is 4. The van der Waals surface area contributed by atoms with Gasteiger partial charge < -0.3 is 19.9 Å². The normalized spacial score (nSPS) is 14.6. The summed E-state index contributed by atoms with van der Waals surface area (Å²) in [5, 5.41) is 2.65. The van der Waals surface area contributed by atoms with Crippen LogP contribution in [0.2, 0.25) is 0 Å². The van der Waals surface area contributed by atoms with Crippen molar-refractivity contribution < 1.29 is 14.3 Å². The van der Waals surface area contributed by atoms with Crippen LogP contribution >= 0.6 is 0 Å². The largest absolute Gasteiger partial charge is 0.497 e. The van der Waals surface area contributed by atoms with Crippen molar-refractivity contribution in [2.45, 2.75) is 13.3 Å². The second kappa shape index (κ2) is 7.68. The number of carbonyl (C=O) groups is 2. The molecule has 1 aliphatic rings. The van der Waals surface area contributed by atoms with Crippen molar-refractivity contribution in [2.75, 3.05) is 44.7 Å². The first kappa shape index (κ1) is 16.1. The fourth-order valence-electron chi connectivity index (χ4n) is 2.51. The van der Waals surface area contributed by atoms with E-state index < -0.39 is 0 Å². The van der Waals surface area contributed by atoms with Gasteiger partial charge in [0.05, 0.1) is 7.11 Å². The van der Waals surface area contributed by atoms with Crippen LogP contribution in [0.25, 0.3) is 0 Å². The lowest BCUT2D eigenvalue weighted by Crippen LogP contribution is -2.49. The van der Waals surface area contributed by atoms with Gasteiger partial charge >= 0.3 is 0 Å². The lowest BCUT2D eigenvalue weighted by atomic mass is 10.2. The number of amides is 2. The summed E-state index contributed by atoms with van der Waals surface area (Å²) in [5.41, 5.74) is 1.14. The Kier molecular flexibility index (Phi) is 5.63. The smallest absolute Gasteiger partial charge is 0.224 e. The van der Waals surface area contributed by atoms with Crippen molar-refractivity contribution in [1.29, 1.82) is 0 Å². The van der Waals surface area contributed by atoms with E-state index in [1.165, 1.54) is 6.92 Å². The molecule has 6 heteroatoms. The predicted molar refractivity (Wildman–Crippen MR) is 85.1 cm³/mol. The number of rotatable bonds is 5. The molecule has 1 N–H and O–H groups in total. The highest BCUT2D eigenvalue weighted by atomic mass is 16.5. The maximum atomic E-state index is 12.0. The summed E-state index contributed by atoms with van der Waals surface area (Å²) in [5.74, 6) is 0.843. The van der Waals surface area contributed by atoms with Crippen LogP contribution in [0.5, 0.6) is 5.75 Å². The van der Waals surface area contributed by atoms with Crippen molar-refractivity contribution >= 4 is 17.5 Å². The summed E-state index contributed by atoms with van der Waals surface area (Å²) in [6.45, 7) is 4.93. The van der Waals surface area contributed by atoms with Gasteiger partial charge in [-0.3, -0.25) is 9.59 Å². The van der Waals surface area contributed by atoms with Crippen molar-refractivity contribution in [3.63, 3.8) is 0 Å². The number of benzene rings is 1. The minimum atomic E-state index is -0.0999. The Bertz CT molecular complexity index is 508. The van der Waals surface area contributed by atoms with Crippen LogP contribution in [0.3, 0.4) is 0 Å². The highest BCUT2D eigenvalue weighted by molar-refractivity contribution is 5.78. The number of carbonyl (C=O) groups excluding carboxylic acids is 2. The van der Waals surface area contributed by atoms with Gasteiger partial charge in [0.15, 0.2) is 0 Å². The maximum Gasteiger partial charge on any atom is 0.224 e. The Morgan fingerprint density at radius 2 is 1.77 bits per heavy atom. The molecule has 0 spiro atoms. The zero-order chi connectivity index (χ0) is 15.9. The molecule has 0 saturated carbocycles. The van der Waals surface area contributed by atoms with Gasteiger partial charge in [0, 0.05) is 51.8 Å². The topological polar surface area (TPSA) is 61.9 Å². The van der Waals surface area contributed by atoms with Crippen LogP contribution in [0.15, 0.2) is 24.3 Å². The van der Waals surface area contributed by atoms with Crippen LogP contribution < -0.4 is 15.0 Å². The Morgan fingerprint density at radius 3 is 2.32 bits per heavy atom. The number of nitrogens with zero attached hydrogens (tertiary/aromatic N) is 2. The third-order valence-corrected chi connectivity index (χ3v) is 3.78. The molecule has 1 aromatic rings. The van der Waals surface area contributed by atoms with Gasteiger partial charge in [-0.15, -0.1) is 0 Å². The highest BCUT2D eigenvalue weighted by Gasteiger charge is 2.20. The Morgan fingerprint density at radius 1 is 1.14 bits per heavy atom. The summed E-state index contributed by atoms with van der Waals surface area (Å²) in [6, 6.07) is 7.96. The lowest BCUT2D eigenvalue weighted by Gasteiger charge is -2.36. The summed E-state index contributed by atoms with van der Waals surface area (Å²) in [6.07, 6.45) is 0.363. The monoisotopic (exact) mass is 305 g/mol. The van der Waals surface area contributed by atoms with E-state index in [1.807, 2.05) is 29.2 Å². The molecule has 6 nitrogen and oxygen atoms in total. The molecule has 22 heavy (non-hydrogen) atoms. The molecule has 2 rings (SSSR count). The average Bonchev–Trinajstić information content (AvgIpc) is 2.54. The fourth-order valence-corrected chi connectivity index (χ4v) is 2.51. The lowest BCUT2D eigenvalue weighted by molar-refractivity contribution is -0.131. The number of methoxy groups -OCH3 is 1. The third-order valence-electron chi connectivity index (χ3n) is 3.78. The molecule has 0 aromatic heterocycles. The van der Waals surface area contributed by atoms with Crippen LogP contribution in [-0.2, 0) is 9.59 Å². The minimum absolute atomic E-state index is 0.0999. The molecule has 0 atom stereocenters. The SMILES string of the molecule is COc1ccc(N2CCN(C(=O)CCNC(C)=O)CC2)cc1. The van der Waals surface area contributed by atoms with Crippen LogP contribution in [0.1, 0.15) is 13.3 Å². The summed E-state index contributed by atoms with van der Waals surface area (Å²) in [7, 11) is 1.65. The van der Waals surface area contributed by atoms with E-state index >= 15 is 0 Å². The van der Waals surface area contributed by atoms with E-state index in [4.69, 9.17) is 4.74 Å². The van der Waals surface area contributed by atoms with E-state index in [1.54, 1.807) is 7.11 Å². The third kappa shape index (κ3) is 4.38. The molecule has 1 heterocycles. The summed E-state index contributed by atoms with van der Waals surface area (Å²) >= 11 is 0. The summed E-state index contributed by atoms with van der Waals surface area (Å²) < 4.78 is 5.16. The number of ether oxygens (including phenoxy) is 1. The average molecular weight is 305 g/mol. The molecule has 0 radical (unpaired) electrons. The Hall–Kier alpha value is -2.24. The fraction of sp³-hybridized carbons (Fsp3) is 0.500. The predicted octanol–water partition coefficient (Wildman–Crippen LogP) is 0.870. The van der Waals surface area contributed by atoms with Gasteiger partial charge in [0.25, 0.3) is 0 Å². The second-order valence-electron chi connectivity index (χ2n) is 5.30. The minimum Gasteiger partial charge on any atom is -0.497 e. The molecule has 1 saturated heterocycles. The second-order valence-corrected chi connectivity index (χ2v) is 5.30. The van der Waals surface area contributed by atoms with Gasteiger partial charge in [0.2, 0.25) is 11.8 Å². The quantitative estimate of drug-likeness (QED) is 0.877. The molecule has 0 bridgehead atoms. The molecule has 1 aliphatic heterocycles. The molecule has 0 unspecified atom stereocenters. The van der Waals surface area contributed by atoms with E-state index in [9.17, 15) is 9.59 Å². The van der Waals surface area contributed by atoms with Gasteiger partial charge in [-0.25, -0.2) is 0 Å². The van der Waals surface area contributed by atoms with E-state index in [0.717, 1.165) is 24.5 Å². The Labute approximate surface area is 131 Å². The number of nitrogens with one attached hydrogen (secondary N) is 1. The Balaban J connectivity index is 1.79. The standard InChI is InChI=1S/C16H23N3O3/c1-13(20)17-8-7-16(21)19-11-9-18(10-12-19)14-3-5-15(22-2)6-4-14/h3-6H,7-12H2,1-2H3,(H,17,20). The van der Waals surface area contributed by atoms with E-state index in [2.05, 4.69) is 10.2 Å². The first-order valence-electron chi connectivity index (χ1n) is 7.51. The molecular formula is C16H23N3O3. The van der Waals surface area contributed by atoms with Crippen molar-refractivity contribution in [2.24, 2.45) is 0 Å². The first-order valence-corrected chi connectivity index (χ1v) is 7.51. The molecule has 2 amide bonds. The van der Waals surface area contributed by atoms with Gasteiger partial charge in [0.1, 0.15) is 5.75 Å². The molecule has 1 aromatic carbocycles. The molecule has 1 fully saturated rings. The van der Waals surface area contributed by atoms with Crippen molar-refractivity contribution in [1.82, 2.24) is 10.2 Å². The van der Waals surface area contributed by atoms with E-state index in [0.29, 0.717) is 26.1 Å².